The van der Waals surface area contributed by atoms with Gasteiger partial charge >= 0.3 is 0 Å². The second kappa shape index (κ2) is 8.01. The van der Waals surface area contributed by atoms with Crippen LogP contribution in [0.5, 0.6) is 0 Å². The summed E-state index contributed by atoms with van der Waals surface area (Å²) in [7, 11) is -2.42. The van der Waals surface area contributed by atoms with E-state index in [1.807, 2.05) is 17.5 Å². The van der Waals surface area contributed by atoms with Gasteiger partial charge in [-0.15, -0.1) is 0 Å². The first-order valence-electron chi connectivity index (χ1n) is 11.0. The molecule has 1 aromatic rings. The van der Waals surface area contributed by atoms with Crippen LogP contribution in [0.25, 0.3) is 0 Å². The van der Waals surface area contributed by atoms with Crippen LogP contribution in [0.4, 0.5) is 0 Å². The first-order chi connectivity index (χ1) is 12.6. The highest BCUT2D eigenvalue weighted by atomic mass is 28.3. The van der Waals surface area contributed by atoms with Crippen molar-refractivity contribution in [3.05, 3.63) is 29.3 Å². The minimum Gasteiger partial charge on any atom is -0.377 e. The first kappa shape index (κ1) is 23.8. The second-order valence-electron chi connectivity index (χ2n) is 12.0. The summed E-state index contributed by atoms with van der Waals surface area (Å²) in [5, 5.41) is 5.47. The summed E-state index contributed by atoms with van der Waals surface area (Å²) in [4.78, 5) is 0. The van der Waals surface area contributed by atoms with Gasteiger partial charge in [0.05, 0.1) is 30.3 Å². The molecule has 158 valence electrons. The molecule has 0 radical (unpaired) electrons. The molecule has 0 heterocycles. The number of rotatable bonds is 8. The van der Waals surface area contributed by atoms with Crippen molar-refractivity contribution in [3.8, 4) is 0 Å². The van der Waals surface area contributed by atoms with E-state index in [9.17, 15) is 0 Å². The van der Waals surface area contributed by atoms with Crippen LogP contribution in [0.15, 0.2) is 18.2 Å². The third-order valence-corrected chi connectivity index (χ3v) is 12.8. The molecule has 2 unspecified atom stereocenters. The molecule has 0 fully saturated rings. The van der Waals surface area contributed by atoms with Gasteiger partial charge in [0.25, 0.3) is 0 Å². The summed E-state index contributed by atoms with van der Waals surface area (Å²) in [5.41, 5.74) is 4.59. The standard InChI is InChI=1S/C24H44OSi3/c1-17(2)20(25-3)14-13-18-15-19-16-21(26(4,5)6)23(27(7,8)9)24(22(18)19)28(10,11)12/h16,18,20H,1,13-15H2,2-12H3. The van der Waals surface area contributed by atoms with Crippen LogP contribution in [0.2, 0.25) is 58.9 Å². The van der Waals surface area contributed by atoms with Crippen molar-refractivity contribution < 1.29 is 4.74 Å². The van der Waals surface area contributed by atoms with E-state index in [1.54, 1.807) is 16.3 Å². The molecular weight excluding hydrogens is 389 g/mol. The highest BCUT2D eigenvalue weighted by molar-refractivity contribution is 7.04. The predicted octanol–water partition coefficient (Wildman–Crippen LogP) is 5.33. The minimum absolute atomic E-state index is 0.206. The van der Waals surface area contributed by atoms with E-state index < -0.39 is 24.2 Å². The maximum Gasteiger partial charge on any atom is 0.0778 e. The van der Waals surface area contributed by atoms with Gasteiger partial charge in [0.2, 0.25) is 0 Å². The molecule has 0 aliphatic heterocycles. The van der Waals surface area contributed by atoms with E-state index in [2.05, 4.69) is 78.5 Å². The third-order valence-electron chi connectivity index (χ3n) is 6.25. The van der Waals surface area contributed by atoms with Gasteiger partial charge in [-0.25, -0.2) is 0 Å². The highest BCUT2D eigenvalue weighted by Crippen LogP contribution is 2.39. The fourth-order valence-electron chi connectivity index (χ4n) is 4.94. The Morgan fingerprint density at radius 1 is 1.00 bits per heavy atom. The average Bonchev–Trinajstić information content (AvgIpc) is 2.47. The van der Waals surface area contributed by atoms with E-state index >= 15 is 0 Å². The number of hydrogen-bond donors (Lipinski definition) is 0. The van der Waals surface area contributed by atoms with Crippen LogP contribution in [0.1, 0.15) is 36.8 Å². The van der Waals surface area contributed by atoms with Crippen LogP contribution in [0.3, 0.4) is 0 Å². The van der Waals surface area contributed by atoms with Crippen LogP contribution in [0, 0.1) is 0 Å². The molecule has 0 saturated heterocycles. The van der Waals surface area contributed by atoms with E-state index in [1.165, 1.54) is 12.8 Å². The molecule has 4 heteroatoms. The van der Waals surface area contributed by atoms with Gasteiger partial charge in [-0.2, -0.15) is 0 Å². The summed E-state index contributed by atoms with van der Waals surface area (Å²) in [6.07, 6.45) is 3.80. The quantitative estimate of drug-likeness (QED) is 0.398. The maximum absolute atomic E-state index is 5.68. The fraction of sp³-hybridized carbons (Fsp3) is 0.667. The van der Waals surface area contributed by atoms with Crippen molar-refractivity contribution in [2.45, 2.75) is 97.1 Å². The van der Waals surface area contributed by atoms with Crippen LogP contribution in [-0.2, 0) is 11.2 Å². The Bertz CT molecular complexity index is 745. The minimum atomic E-state index is -1.44. The maximum atomic E-state index is 5.68. The van der Waals surface area contributed by atoms with Crippen molar-refractivity contribution in [1.29, 1.82) is 0 Å². The van der Waals surface area contributed by atoms with Crippen molar-refractivity contribution in [2.75, 3.05) is 7.11 Å². The Labute approximate surface area is 178 Å². The van der Waals surface area contributed by atoms with Gasteiger partial charge < -0.3 is 4.74 Å². The van der Waals surface area contributed by atoms with E-state index in [0.717, 1.165) is 17.9 Å². The van der Waals surface area contributed by atoms with Crippen molar-refractivity contribution in [3.63, 3.8) is 0 Å². The van der Waals surface area contributed by atoms with Gasteiger partial charge in [0, 0.05) is 7.11 Å². The van der Waals surface area contributed by atoms with Crippen LogP contribution >= 0.6 is 0 Å². The number of methoxy groups -OCH3 is 1. The zero-order chi connectivity index (χ0) is 21.7. The van der Waals surface area contributed by atoms with Crippen LogP contribution < -0.4 is 15.6 Å². The molecular formula is C24H44OSi3. The number of benzene rings is 1. The summed E-state index contributed by atoms with van der Waals surface area (Å²) in [6.45, 7) is 29.3. The normalized spacial score (nSPS) is 18.5. The summed E-state index contributed by atoms with van der Waals surface area (Å²) in [6, 6.07) is 2.65. The van der Waals surface area contributed by atoms with E-state index in [-0.39, 0.29) is 6.10 Å². The molecule has 0 spiro atoms. The van der Waals surface area contributed by atoms with E-state index in [4.69, 9.17) is 4.74 Å². The summed E-state index contributed by atoms with van der Waals surface area (Å²) < 4.78 is 5.68. The smallest absolute Gasteiger partial charge is 0.0778 e. The Kier molecular flexibility index (Phi) is 6.82. The predicted molar refractivity (Wildman–Crippen MR) is 137 cm³/mol. The molecule has 0 bridgehead atoms. The van der Waals surface area contributed by atoms with Gasteiger partial charge in [-0.3, -0.25) is 0 Å². The van der Waals surface area contributed by atoms with Gasteiger partial charge in [0.15, 0.2) is 0 Å². The Morgan fingerprint density at radius 2 is 1.54 bits per heavy atom. The average molecular weight is 433 g/mol. The lowest BCUT2D eigenvalue weighted by Gasteiger charge is -2.44. The molecule has 1 aliphatic carbocycles. The van der Waals surface area contributed by atoms with Crippen molar-refractivity contribution in [1.82, 2.24) is 0 Å². The SMILES string of the molecule is C=C(C)C(CCC1Cc2cc([Si](C)(C)C)c([Si](C)(C)C)c([Si](C)(C)C)c21)OC. The third kappa shape index (κ3) is 4.82. The Hall–Kier alpha value is -0.429. The highest BCUT2D eigenvalue weighted by Gasteiger charge is 2.41. The number of fused-ring (bicyclic) bond motifs is 1. The molecule has 2 atom stereocenters. The lowest BCUT2D eigenvalue weighted by molar-refractivity contribution is 0.120. The van der Waals surface area contributed by atoms with E-state index in [0.29, 0.717) is 0 Å². The molecule has 0 amide bonds. The van der Waals surface area contributed by atoms with Gasteiger partial charge in [0.1, 0.15) is 0 Å². The zero-order valence-electron chi connectivity index (χ0n) is 20.5. The fourth-order valence-corrected chi connectivity index (χ4v) is 14.9. The zero-order valence-corrected chi connectivity index (χ0v) is 23.5. The van der Waals surface area contributed by atoms with Crippen LogP contribution in [-0.4, -0.2) is 37.4 Å². The number of hydrogen-bond acceptors (Lipinski definition) is 1. The monoisotopic (exact) mass is 432 g/mol. The largest absolute Gasteiger partial charge is 0.377 e. The summed E-state index contributed by atoms with van der Waals surface area (Å²) in [5.74, 6) is 0.722. The van der Waals surface area contributed by atoms with Crippen molar-refractivity contribution >= 4 is 39.8 Å². The van der Waals surface area contributed by atoms with Gasteiger partial charge in [-0.05, 0) is 43.2 Å². The van der Waals surface area contributed by atoms with Crippen molar-refractivity contribution in [2.24, 2.45) is 0 Å². The Morgan fingerprint density at radius 3 is 1.93 bits per heavy atom. The lowest BCUT2D eigenvalue weighted by Crippen LogP contribution is -2.68. The molecule has 1 nitrogen and oxygen atoms in total. The molecule has 0 N–H and O–H groups in total. The topological polar surface area (TPSA) is 9.23 Å². The molecule has 28 heavy (non-hydrogen) atoms. The molecule has 0 aromatic heterocycles. The van der Waals surface area contributed by atoms with Gasteiger partial charge in [-0.1, -0.05) is 92.7 Å². The molecule has 1 aromatic carbocycles. The molecule has 0 saturated carbocycles. The molecule has 1 aliphatic rings. The first-order valence-corrected chi connectivity index (χ1v) is 21.5. The Balaban J connectivity index is 2.60. The second-order valence-corrected chi connectivity index (χ2v) is 27.1. The summed E-state index contributed by atoms with van der Waals surface area (Å²) >= 11 is 0. The molecule has 2 rings (SSSR count). The lowest BCUT2D eigenvalue weighted by atomic mass is 9.74. The number of ether oxygens (including phenoxy) is 1.